The molecule has 0 aliphatic carbocycles. The first kappa shape index (κ1) is 9.45. The summed E-state index contributed by atoms with van der Waals surface area (Å²) in [6.07, 6.45) is 1.65. The quantitative estimate of drug-likeness (QED) is 0.686. The second-order valence-corrected chi connectivity index (χ2v) is 2.77. The van der Waals surface area contributed by atoms with E-state index in [0.29, 0.717) is 0 Å². The van der Waals surface area contributed by atoms with E-state index in [1.54, 1.807) is 13.1 Å². The fourth-order valence-corrected chi connectivity index (χ4v) is 0.810. The Kier molecular flexibility index (Phi) is 3.20. The van der Waals surface area contributed by atoms with Crippen molar-refractivity contribution in [1.29, 1.82) is 0 Å². The van der Waals surface area contributed by atoms with Gasteiger partial charge in [0.2, 0.25) is 5.91 Å². The van der Waals surface area contributed by atoms with Crippen molar-refractivity contribution in [3.05, 3.63) is 35.9 Å². The predicted octanol–water partition coefficient (Wildman–Crippen LogP) is 0.979. The van der Waals surface area contributed by atoms with Gasteiger partial charge < -0.3 is 5.73 Å². The molecule has 1 aromatic rings. The Labute approximate surface area is 77.3 Å². The maximum atomic E-state index is 10.6. The molecule has 0 aliphatic heterocycles. The molecule has 3 nitrogen and oxygen atoms in total. The molecular formula is C10H12N2O. The number of nitrogens with zero attached hydrogens (tertiary/aromatic N) is 1. The van der Waals surface area contributed by atoms with Crippen LogP contribution in [0.4, 0.5) is 0 Å². The summed E-state index contributed by atoms with van der Waals surface area (Å²) in [5.41, 5.74) is 6.02. The van der Waals surface area contributed by atoms with Crippen LogP contribution >= 0.6 is 0 Å². The average molecular weight is 176 g/mol. The summed E-state index contributed by atoms with van der Waals surface area (Å²) >= 11 is 0. The van der Waals surface area contributed by atoms with Gasteiger partial charge in [-0.2, -0.15) is 0 Å². The van der Waals surface area contributed by atoms with Crippen LogP contribution in [0.2, 0.25) is 0 Å². The molecule has 0 saturated heterocycles. The second-order valence-electron chi connectivity index (χ2n) is 2.77. The molecule has 0 fully saturated rings. The Morgan fingerprint density at radius 1 is 1.46 bits per heavy atom. The van der Waals surface area contributed by atoms with Crippen molar-refractivity contribution < 1.29 is 4.79 Å². The molecule has 1 amide bonds. The first-order valence-corrected chi connectivity index (χ1v) is 4.07. The highest BCUT2D eigenvalue weighted by atomic mass is 16.1. The van der Waals surface area contributed by atoms with Crippen LogP contribution < -0.4 is 5.73 Å². The Balaban J connectivity index is 2.64. The average Bonchev–Trinajstić information content (AvgIpc) is 2.15. The van der Waals surface area contributed by atoms with Crippen LogP contribution in [0.15, 0.2) is 35.3 Å². The smallest absolute Gasteiger partial charge is 0.241 e. The van der Waals surface area contributed by atoms with Crippen LogP contribution in [0.5, 0.6) is 0 Å². The summed E-state index contributed by atoms with van der Waals surface area (Å²) in [7, 11) is 0. The molecule has 1 rings (SSSR count). The van der Waals surface area contributed by atoms with E-state index >= 15 is 0 Å². The first-order chi connectivity index (χ1) is 6.20. The van der Waals surface area contributed by atoms with Crippen molar-refractivity contribution in [2.45, 2.75) is 13.0 Å². The zero-order valence-electron chi connectivity index (χ0n) is 7.47. The number of benzene rings is 1. The van der Waals surface area contributed by atoms with E-state index in [1.165, 1.54) is 0 Å². The van der Waals surface area contributed by atoms with E-state index in [9.17, 15) is 4.79 Å². The number of rotatable bonds is 3. The SMILES string of the molecule is C[C@H](N=Cc1ccccc1)C(N)=O. The second kappa shape index (κ2) is 4.40. The van der Waals surface area contributed by atoms with Crippen LogP contribution in [-0.4, -0.2) is 18.2 Å². The molecule has 0 aliphatic rings. The minimum atomic E-state index is -0.458. The lowest BCUT2D eigenvalue weighted by molar-refractivity contribution is -0.118. The monoisotopic (exact) mass is 176 g/mol. The van der Waals surface area contributed by atoms with Crippen LogP contribution in [0, 0.1) is 0 Å². The molecular weight excluding hydrogens is 164 g/mol. The Morgan fingerprint density at radius 2 is 2.08 bits per heavy atom. The van der Waals surface area contributed by atoms with Crippen LogP contribution in [0.25, 0.3) is 0 Å². The van der Waals surface area contributed by atoms with Crippen LogP contribution in [0.1, 0.15) is 12.5 Å². The van der Waals surface area contributed by atoms with E-state index in [2.05, 4.69) is 4.99 Å². The van der Waals surface area contributed by atoms with Crippen molar-refractivity contribution in [1.82, 2.24) is 0 Å². The van der Waals surface area contributed by atoms with E-state index < -0.39 is 11.9 Å². The number of aliphatic imine (C=N–C) groups is 1. The van der Waals surface area contributed by atoms with E-state index in [4.69, 9.17) is 5.73 Å². The molecule has 0 heterocycles. The third-order valence-electron chi connectivity index (χ3n) is 1.66. The maximum absolute atomic E-state index is 10.6. The van der Waals surface area contributed by atoms with Gasteiger partial charge >= 0.3 is 0 Å². The predicted molar refractivity (Wildman–Crippen MR) is 52.7 cm³/mol. The van der Waals surface area contributed by atoms with Gasteiger partial charge in [-0.05, 0) is 12.5 Å². The minimum Gasteiger partial charge on any atom is -0.368 e. The molecule has 0 spiro atoms. The van der Waals surface area contributed by atoms with Crippen molar-refractivity contribution in [2.75, 3.05) is 0 Å². The third-order valence-corrected chi connectivity index (χ3v) is 1.66. The number of primary amides is 1. The standard InChI is InChI=1S/C10H12N2O/c1-8(10(11)13)12-7-9-5-3-2-4-6-9/h2-8H,1H3,(H2,11,13)/t8-/m0/s1. The fraction of sp³-hybridized carbons (Fsp3) is 0.200. The van der Waals surface area contributed by atoms with Gasteiger partial charge in [0, 0.05) is 6.21 Å². The third kappa shape index (κ3) is 3.07. The zero-order valence-corrected chi connectivity index (χ0v) is 7.47. The highest BCUT2D eigenvalue weighted by molar-refractivity contribution is 5.85. The number of carbonyl (C=O) groups excluding carboxylic acids is 1. The van der Waals surface area contributed by atoms with Gasteiger partial charge in [0.15, 0.2) is 0 Å². The van der Waals surface area contributed by atoms with Crippen LogP contribution in [0.3, 0.4) is 0 Å². The summed E-state index contributed by atoms with van der Waals surface area (Å²) in [6.45, 7) is 1.67. The van der Waals surface area contributed by atoms with Crippen molar-refractivity contribution in [3.63, 3.8) is 0 Å². The lowest BCUT2D eigenvalue weighted by Gasteiger charge is -1.98. The highest BCUT2D eigenvalue weighted by Crippen LogP contribution is 1.95. The molecule has 0 saturated carbocycles. The summed E-state index contributed by atoms with van der Waals surface area (Å²) in [4.78, 5) is 14.6. The van der Waals surface area contributed by atoms with Crippen molar-refractivity contribution in [2.24, 2.45) is 10.7 Å². The Bertz CT molecular complexity index is 306. The van der Waals surface area contributed by atoms with Gasteiger partial charge in [-0.3, -0.25) is 9.79 Å². The van der Waals surface area contributed by atoms with Gasteiger partial charge in [0.05, 0.1) is 0 Å². The Hall–Kier alpha value is -1.64. The van der Waals surface area contributed by atoms with E-state index in [0.717, 1.165) is 5.56 Å². The first-order valence-electron chi connectivity index (χ1n) is 4.07. The van der Waals surface area contributed by atoms with Gasteiger partial charge in [-0.15, -0.1) is 0 Å². The van der Waals surface area contributed by atoms with Crippen molar-refractivity contribution >= 4 is 12.1 Å². The number of amides is 1. The number of hydrogen-bond acceptors (Lipinski definition) is 2. The molecule has 2 N–H and O–H groups in total. The molecule has 13 heavy (non-hydrogen) atoms. The largest absolute Gasteiger partial charge is 0.368 e. The molecule has 0 bridgehead atoms. The number of hydrogen-bond donors (Lipinski definition) is 1. The molecule has 1 aromatic carbocycles. The molecule has 0 unspecified atom stereocenters. The molecule has 0 radical (unpaired) electrons. The lowest BCUT2D eigenvalue weighted by Crippen LogP contribution is -2.23. The van der Waals surface area contributed by atoms with Gasteiger partial charge in [-0.1, -0.05) is 30.3 Å². The normalized spacial score (nSPS) is 13.0. The molecule has 3 heteroatoms. The number of carbonyl (C=O) groups is 1. The minimum absolute atomic E-state index is 0.410. The van der Waals surface area contributed by atoms with Crippen molar-refractivity contribution in [3.8, 4) is 0 Å². The fourth-order valence-electron chi connectivity index (χ4n) is 0.810. The van der Waals surface area contributed by atoms with E-state index in [-0.39, 0.29) is 0 Å². The highest BCUT2D eigenvalue weighted by Gasteiger charge is 2.03. The van der Waals surface area contributed by atoms with Crippen LogP contribution in [-0.2, 0) is 4.79 Å². The molecule has 0 aromatic heterocycles. The summed E-state index contributed by atoms with van der Waals surface area (Å²) in [5, 5.41) is 0. The molecule has 1 atom stereocenters. The van der Waals surface area contributed by atoms with Gasteiger partial charge in [-0.25, -0.2) is 0 Å². The zero-order chi connectivity index (χ0) is 9.68. The summed E-state index contributed by atoms with van der Waals surface area (Å²) in [6, 6.07) is 9.12. The lowest BCUT2D eigenvalue weighted by atomic mass is 10.2. The van der Waals surface area contributed by atoms with E-state index in [1.807, 2.05) is 30.3 Å². The summed E-state index contributed by atoms with van der Waals surface area (Å²) < 4.78 is 0. The topological polar surface area (TPSA) is 55.4 Å². The molecule has 68 valence electrons. The summed E-state index contributed by atoms with van der Waals surface area (Å²) in [5.74, 6) is -0.410. The van der Waals surface area contributed by atoms with Gasteiger partial charge in [0.1, 0.15) is 6.04 Å². The number of nitrogens with two attached hydrogens (primary N) is 1. The maximum Gasteiger partial charge on any atom is 0.241 e. The van der Waals surface area contributed by atoms with Gasteiger partial charge in [0.25, 0.3) is 0 Å². The Morgan fingerprint density at radius 3 is 2.62 bits per heavy atom.